The minimum absolute atomic E-state index is 0.139. The zero-order valence-electron chi connectivity index (χ0n) is 9.65. The van der Waals surface area contributed by atoms with E-state index >= 15 is 0 Å². The van der Waals surface area contributed by atoms with E-state index in [1.807, 2.05) is 0 Å². The highest BCUT2D eigenvalue weighted by molar-refractivity contribution is 5.86. The van der Waals surface area contributed by atoms with Gasteiger partial charge in [-0.25, -0.2) is 9.18 Å². The summed E-state index contributed by atoms with van der Waals surface area (Å²) in [4.78, 5) is 10.7. The Bertz CT molecular complexity index is 413. The topological polar surface area (TPSA) is 46.5 Å². The molecule has 1 N–H and O–H groups in total. The zero-order valence-corrected chi connectivity index (χ0v) is 9.65. The Hall–Kier alpha value is -1.68. The number of carboxylic acid groups (broad SMARTS) is 1. The van der Waals surface area contributed by atoms with Crippen LogP contribution in [0.15, 0.2) is 35.9 Å². The largest absolute Gasteiger partial charge is 0.478 e. The molecule has 0 saturated heterocycles. The molecule has 0 aliphatic rings. The van der Waals surface area contributed by atoms with Crippen LogP contribution in [0.3, 0.4) is 0 Å². The smallest absolute Gasteiger partial charge is 0.331 e. The van der Waals surface area contributed by atoms with Gasteiger partial charge in [0.15, 0.2) is 0 Å². The molecule has 1 aromatic rings. The van der Waals surface area contributed by atoms with Crippen molar-refractivity contribution in [1.29, 1.82) is 0 Å². The lowest BCUT2D eigenvalue weighted by Crippen LogP contribution is -2.02. The minimum Gasteiger partial charge on any atom is -0.478 e. The summed E-state index contributed by atoms with van der Waals surface area (Å²) < 4.78 is 18.4. The fourth-order valence-electron chi connectivity index (χ4n) is 1.33. The summed E-state index contributed by atoms with van der Waals surface area (Å²) in [6.45, 7) is 2.07. The maximum absolute atomic E-state index is 13.2. The molecule has 0 aromatic heterocycles. The van der Waals surface area contributed by atoms with Crippen LogP contribution in [0.5, 0.6) is 0 Å². The molecule has 0 heterocycles. The fourth-order valence-corrected chi connectivity index (χ4v) is 1.33. The number of carboxylic acids is 1. The SMILES string of the molecule is CCC(=CCOCc1ccccc1F)C(=O)O. The summed E-state index contributed by atoms with van der Waals surface area (Å²) in [5, 5.41) is 8.75. The lowest BCUT2D eigenvalue weighted by molar-refractivity contribution is -0.132. The standard InChI is InChI=1S/C13H15FO3/c1-2-10(13(15)16)7-8-17-9-11-5-3-4-6-12(11)14/h3-7H,2,8-9H2,1H3,(H,15,16). The van der Waals surface area contributed by atoms with Crippen LogP contribution in [-0.2, 0) is 16.1 Å². The molecule has 0 bridgehead atoms. The molecule has 1 aromatic carbocycles. The molecule has 0 atom stereocenters. The third kappa shape index (κ3) is 4.36. The summed E-state index contributed by atoms with van der Waals surface area (Å²) >= 11 is 0. The Labute approximate surface area is 99.5 Å². The van der Waals surface area contributed by atoms with Crippen molar-refractivity contribution in [2.75, 3.05) is 6.61 Å². The van der Waals surface area contributed by atoms with Crippen molar-refractivity contribution in [2.24, 2.45) is 0 Å². The van der Waals surface area contributed by atoms with Crippen LogP contribution < -0.4 is 0 Å². The average molecular weight is 238 g/mol. The van der Waals surface area contributed by atoms with Crippen molar-refractivity contribution in [3.05, 3.63) is 47.3 Å². The maximum atomic E-state index is 13.2. The second-order valence-electron chi connectivity index (χ2n) is 3.49. The molecular formula is C13H15FO3. The highest BCUT2D eigenvalue weighted by Gasteiger charge is 2.03. The van der Waals surface area contributed by atoms with E-state index in [9.17, 15) is 9.18 Å². The van der Waals surface area contributed by atoms with Crippen LogP contribution in [0, 0.1) is 5.82 Å². The van der Waals surface area contributed by atoms with Crippen LogP contribution in [0.4, 0.5) is 4.39 Å². The van der Waals surface area contributed by atoms with Gasteiger partial charge in [0.05, 0.1) is 13.2 Å². The molecule has 0 fully saturated rings. The Morgan fingerprint density at radius 1 is 1.47 bits per heavy atom. The number of hydrogen-bond acceptors (Lipinski definition) is 2. The van der Waals surface area contributed by atoms with E-state index in [-0.39, 0.29) is 19.0 Å². The van der Waals surface area contributed by atoms with Crippen LogP contribution in [0.2, 0.25) is 0 Å². The predicted molar refractivity (Wildman–Crippen MR) is 62.1 cm³/mol. The second-order valence-corrected chi connectivity index (χ2v) is 3.49. The quantitative estimate of drug-likeness (QED) is 0.612. The summed E-state index contributed by atoms with van der Waals surface area (Å²) in [7, 11) is 0. The number of aliphatic carboxylic acids is 1. The summed E-state index contributed by atoms with van der Waals surface area (Å²) in [5.41, 5.74) is 0.771. The van der Waals surface area contributed by atoms with Crippen molar-refractivity contribution < 1.29 is 19.0 Å². The van der Waals surface area contributed by atoms with E-state index < -0.39 is 5.97 Å². The van der Waals surface area contributed by atoms with Crippen molar-refractivity contribution >= 4 is 5.97 Å². The maximum Gasteiger partial charge on any atom is 0.331 e. The highest BCUT2D eigenvalue weighted by atomic mass is 19.1. The normalized spacial score (nSPS) is 11.5. The van der Waals surface area contributed by atoms with Gasteiger partial charge in [-0.05, 0) is 18.6 Å². The van der Waals surface area contributed by atoms with E-state index in [2.05, 4.69) is 0 Å². The number of rotatable bonds is 6. The van der Waals surface area contributed by atoms with Crippen molar-refractivity contribution in [3.63, 3.8) is 0 Å². The molecule has 0 aliphatic heterocycles. The molecular weight excluding hydrogens is 223 g/mol. The van der Waals surface area contributed by atoms with Crippen LogP contribution in [-0.4, -0.2) is 17.7 Å². The predicted octanol–water partition coefficient (Wildman–Crippen LogP) is 2.76. The van der Waals surface area contributed by atoms with Crippen molar-refractivity contribution in [3.8, 4) is 0 Å². The van der Waals surface area contributed by atoms with Crippen LogP contribution >= 0.6 is 0 Å². The fraction of sp³-hybridized carbons (Fsp3) is 0.308. The van der Waals surface area contributed by atoms with Gasteiger partial charge in [-0.15, -0.1) is 0 Å². The van der Waals surface area contributed by atoms with Gasteiger partial charge in [0.1, 0.15) is 5.82 Å². The third-order valence-electron chi connectivity index (χ3n) is 2.32. The van der Waals surface area contributed by atoms with Crippen molar-refractivity contribution in [1.82, 2.24) is 0 Å². The van der Waals surface area contributed by atoms with E-state index in [4.69, 9.17) is 9.84 Å². The molecule has 0 spiro atoms. The van der Waals surface area contributed by atoms with Crippen LogP contribution in [0.25, 0.3) is 0 Å². The molecule has 92 valence electrons. The van der Waals surface area contributed by atoms with Crippen LogP contribution in [0.1, 0.15) is 18.9 Å². The monoisotopic (exact) mass is 238 g/mol. The lowest BCUT2D eigenvalue weighted by Gasteiger charge is -2.03. The van der Waals surface area contributed by atoms with E-state index in [1.165, 1.54) is 12.1 Å². The first-order chi connectivity index (χ1) is 8.15. The molecule has 1 rings (SSSR count). The first-order valence-electron chi connectivity index (χ1n) is 5.38. The van der Waals surface area contributed by atoms with Gasteiger partial charge in [0.2, 0.25) is 0 Å². The Morgan fingerprint density at radius 2 is 2.18 bits per heavy atom. The molecule has 0 radical (unpaired) electrons. The molecule has 0 saturated carbocycles. The molecule has 17 heavy (non-hydrogen) atoms. The zero-order chi connectivity index (χ0) is 12.7. The van der Waals surface area contributed by atoms with Gasteiger partial charge in [-0.3, -0.25) is 0 Å². The number of benzene rings is 1. The Balaban J connectivity index is 2.43. The van der Waals surface area contributed by atoms with Gasteiger partial charge in [-0.2, -0.15) is 0 Å². The Morgan fingerprint density at radius 3 is 2.76 bits per heavy atom. The second kappa shape index (κ2) is 6.81. The van der Waals surface area contributed by atoms with Gasteiger partial charge in [0.25, 0.3) is 0 Å². The number of ether oxygens (including phenoxy) is 1. The number of halogens is 1. The minimum atomic E-state index is -0.943. The molecule has 4 heteroatoms. The molecule has 0 aliphatic carbocycles. The summed E-state index contributed by atoms with van der Waals surface area (Å²) in [6, 6.07) is 6.34. The first-order valence-corrected chi connectivity index (χ1v) is 5.38. The highest BCUT2D eigenvalue weighted by Crippen LogP contribution is 2.08. The summed E-state index contributed by atoms with van der Waals surface area (Å²) in [6.07, 6.45) is 1.95. The van der Waals surface area contributed by atoms with E-state index in [1.54, 1.807) is 25.1 Å². The van der Waals surface area contributed by atoms with Gasteiger partial charge in [0, 0.05) is 11.1 Å². The first kappa shape index (κ1) is 13.4. The molecule has 0 unspecified atom stereocenters. The van der Waals surface area contributed by atoms with Gasteiger partial charge in [-0.1, -0.05) is 25.1 Å². The van der Waals surface area contributed by atoms with Crippen molar-refractivity contribution in [2.45, 2.75) is 20.0 Å². The average Bonchev–Trinajstić information content (AvgIpc) is 2.31. The number of hydrogen-bond donors (Lipinski definition) is 1. The van der Waals surface area contributed by atoms with Gasteiger partial charge < -0.3 is 9.84 Å². The number of carbonyl (C=O) groups is 1. The summed E-state index contributed by atoms with van der Waals surface area (Å²) in [5.74, 6) is -1.26. The Kier molecular flexibility index (Phi) is 5.36. The van der Waals surface area contributed by atoms with Gasteiger partial charge >= 0.3 is 5.97 Å². The molecule has 3 nitrogen and oxygen atoms in total. The molecule has 0 amide bonds. The van der Waals surface area contributed by atoms with E-state index in [0.717, 1.165) is 0 Å². The lowest BCUT2D eigenvalue weighted by atomic mass is 10.2. The third-order valence-corrected chi connectivity index (χ3v) is 2.32. The van der Waals surface area contributed by atoms with E-state index in [0.29, 0.717) is 17.6 Å².